The van der Waals surface area contributed by atoms with Crippen molar-refractivity contribution < 1.29 is 4.74 Å². The van der Waals surface area contributed by atoms with E-state index in [2.05, 4.69) is 44.3 Å². The summed E-state index contributed by atoms with van der Waals surface area (Å²) >= 11 is 0. The van der Waals surface area contributed by atoms with Crippen molar-refractivity contribution in [3.05, 3.63) is 29.8 Å². The molecule has 112 valence electrons. The number of rotatable bonds is 6. The maximum absolute atomic E-state index is 5.69. The van der Waals surface area contributed by atoms with Gasteiger partial charge in [-0.15, -0.1) is 0 Å². The maximum atomic E-state index is 5.69. The quantitative estimate of drug-likeness (QED) is 0.823. The Kier molecular flexibility index (Phi) is 5.47. The highest BCUT2D eigenvalue weighted by atomic mass is 16.5. The Hall–Kier alpha value is -1.02. The van der Waals surface area contributed by atoms with E-state index in [9.17, 15) is 0 Å². The van der Waals surface area contributed by atoms with Crippen LogP contribution < -0.4 is 10.1 Å². The zero-order valence-electron chi connectivity index (χ0n) is 13.2. The van der Waals surface area contributed by atoms with E-state index < -0.39 is 0 Å². The summed E-state index contributed by atoms with van der Waals surface area (Å²) in [5.74, 6) is 0.996. The molecule has 2 nitrogen and oxygen atoms in total. The summed E-state index contributed by atoms with van der Waals surface area (Å²) in [5, 5.41) is 3.70. The predicted molar refractivity (Wildman–Crippen MR) is 85.1 cm³/mol. The van der Waals surface area contributed by atoms with E-state index in [-0.39, 0.29) is 0 Å². The van der Waals surface area contributed by atoms with Gasteiger partial charge in [-0.3, -0.25) is 0 Å². The minimum Gasteiger partial charge on any atom is -0.494 e. The van der Waals surface area contributed by atoms with E-state index in [1.807, 2.05) is 6.07 Å². The molecule has 1 fully saturated rings. The monoisotopic (exact) mass is 275 g/mol. The Morgan fingerprint density at radius 2 is 2.00 bits per heavy atom. The standard InChI is InChI=1S/C18H29NO/c1-4-12-20-17-7-5-6-15(13-17)14-19-16-8-10-18(2,3)11-9-16/h5-7,13,16,19H,4,8-12,14H2,1-3H3. The van der Waals surface area contributed by atoms with Crippen LogP contribution in [-0.2, 0) is 6.54 Å². The molecule has 0 unspecified atom stereocenters. The number of hydrogen-bond acceptors (Lipinski definition) is 2. The molecule has 0 atom stereocenters. The summed E-state index contributed by atoms with van der Waals surface area (Å²) in [5.41, 5.74) is 1.87. The fraction of sp³-hybridized carbons (Fsp3) is 0.667. The van der Waals surface area contributed by atoms with Crippen LogP contribution in [0.4, 0.5) is 0 Å². The Morgan fingerprint density at radius 3 is 2.70 bits per heavy atom. The summed E-state index contributed by atoms with van der Waals surface area (Å²) in [4.78, 5) is 0. The minimum atomic E-state index is 0.548. The fourth-order valence-electron chi connectivity index (χ4n) is 2.83. The van der Waals surface area contributed by atoms with Crippen molar-refractivity contribution in [2.75, 3.05) is 6.61 Å². The summed E-state index contributed by atoms with van der Waals surface area (Å²) < 4.78 is 5.69. The third-order valence-electron chi connectivity index (χ3n) is 4.31. The molecule has 0 aliphatic heterocycles. The first-order valence-electron chi connectivity index (χ1n) is 8.04. The van der Waals surface area contributed by atoms with Crippen LogP contribution in [0, 0.1) is 5.41 Å². The molecule has 0 saturated heterocycles. The molecule has 0 heterocycles. The molecule has 0 aromatic heterocycles. The maximum Gasteiger partial charge on any atom is 0.119 e. The molecule has 20 heavy (non-hydrogen) atoms. The van der Waals surface area contributed by atoms with Gasteiger partial charge in [-0.05, 0) is 55.2 Å². The predicted octanol–water partition coefficient (Wildman–Crippen LogP) is 4.53. The Morgan fingerprint density at radius 1 is 1.25 bits per heavy atom. The van der Waals surface area contributed by atoms with Gasteiger partial charge in [-0.1, -0.05) is 32.9 Å². The van der Waals surface area contributed by atoms with Crippen molar-refractivity contribution in [3.63, 3.8) is 0 Å². The third kappa shape index (κ3) is 4.82. The molecule has 2 rings (SSSR count). The first-order chi connectivity index (χ1) is 9.59. The molecular weight excluding hydrogens is 246 g/mol. The van der Waals surface area contributed by atoms with Gasteiger partial charge in [0.25, 0.3) is 0 Å². The van der Waals surface area contributed by atoms with E-state index >= 15 is 0 Å². The molecule has 1 N–H and O–H groups in total. The first-order valence-corrected chi connectivity index (χ1v) is 8.04. The van der Waals surface area contributed by atoms with E-state index in [1.165, 1.54) is 31.2 Å². The van der Waals surface area contributed by atoms with Crippen LogP contribution in [0.2, 0.25) is 0 Å². The molecule has 1 aliphatic rings. The second kappa shape index (κ2) is 7.12. The zero-order valence-corrected chi connectivity index (χ0v) is 13.2. The van der Waals surface area contributed by atoms with Gasteiger partial charge >= 0.3 is 0 Å². The second-order valence-corrected chi connectivity index (χ2v) is 6.82. The van der Waals surface area contributed by atoms with Crippen LogP contribution in [-0.4, -0.2) is 12.6 Å². The van der Waals surface area contributed by atoms with Gasteiger partial charge < -0.3 is 10.1 Å². The molecular formula is C18H29NO. The van der Waals surface area contributed by atoms with Crippen molar-refractivity contribution in [2.24, 2.45) is 5.41 Å². The lowest BCUT2D eigenvalue weighted by molar-refractivity contribution is 0.206. The SMILES string of the molecule is CCCOc1cccc(CNC2CCC(C)(C)CC2)c1. The largest absolute Gasteiger partial charge is 0.494 e. The Bertz CT molecular complexity index is 404. The van der Waals surface area contributed by atoms with Crippen LogP contribution >= 0.6 is 0 Å². The van der Waals surface area contributed by atoms with E-state index in [4.69, 9.17) is 4.74 Å². The van der Waals surface area contributed by atoms with Gasteiger partial charge in [0.15, 0.2) is 0 Å². The first kappa shape index (κ1) is 15.4. The molecule has 1 aromatic carbocycles. The highest BCUT2D eigenvalue weighted by molar-refractivity contribution is 5.28. The number of ether oxygens (including phenoxy) is 1. The van der Waals surface area contributed by atoms with Gasteiger partial charge in [0, 0.05) is 12.6 Å². The van der Waals surface area contributed by atoms with Gasteiger partial charge in [-0.2, -0.15) is 0 Å². The van der Waals surface area contributed by atoms with Crippen LogP contribution in [0.3, 0.4) is 0 Å². The Labute approximate surface area is 123 Å². The van der Waals surface area contributed by atoms with Crippen LogP contribution in [0.1, 0.15) is 58.4 Å². The third-order valence-corrected chi connectivity index (χ3v) is 4.31. The molecule has 1 saturated carbocycles. The van der Waals surface area contributed by atoms with Crippen molar-refractivity contribution in [3.8, 4) is 5.75 Å². The average Bonchev–Trinajstić information content (AvgIpc) is 2.44. The second-order valence-electron chi connectivity index (χ2n) is 6.82. The molecule has 2 heteroatoms. The molecule has 1 aromatic rings. The summed E-state index contributed by atoms with van der Waals surface area (Å²) in [6.07, 6.45) is 6.34. The van der Waals surface area contributed by atoms with Crippen LogP contribution in [0.5, 0.6) is 5.75 Å². The van der Waals surface area contributed by atoms with Gasteiger partial charge in [0.05, 0.1) is 6.61 Å². The van der Waals surface area contributed by atoms with Crippen LogP contribution in [0.15, 0.2) is 24.3 Å². The smallest absolute Gasteiger partial charge is 0.119 e. The number of hydrogen-bond donors (Lipinski definition) is 1. The number of nitrogens with one attached hydrogen (secondary N) is 1. The van der Waals surface area contributed by atoms with Crippen molar-refractivity contribution in [2.45, 2.75) is 65.5 Å². The summed E-state index contributed by atoms with van der Waals surface area (Å²) in [6, 6.07) is 9.16. The lowest BCUT2D eigenvalue weighted by Gasteiger charge is -2.34. The highest BCUT2D eigenvalue weighted by Gasteiger charge is 2.26. The lowest BCUT2D eigenvalue weighted by Crippen LogP contribution is -2.35. The lowest BCUT2D eigenvalue weighted by atomic mass is 9.75. The number of benzene rings is 1. The average molecular weight is 275 g/mol. The van der Waals surface area contributed by atoms with Crippen molar-refractivity contribution in [1.29, 1.82) is 0 Å². The minimum absolute atomic E-state index is 0.548. The summed E-state index contributed by atoms with van der Waals surface area (Å²) in [7, 11) is 0. The normalized spacial score (nSPS) is 18.9. The molecule has 0 spiro atoms. The molecule has 0 amide bonds. The molecule has 0 radical (unpaired) electrons. The van der Waals surface area contributed by atoms with E-state index in [0.29, 0.717) is 11.5 Å². The molecule has 0 bridgehead atoms. The van der Waals surface area contributed by atoms with Crippen molar-refractivity contribution in [1.82, 2.24) is 5.32 Å². The van der Waals surface area contributed by atoms with Gasteiger partial charge in [-0.25, -0.2) is 0 Å². The van der Waals surface area contributed by atoms with E-state index in [1.54, 1.807) is 0 Å². The highest BCUT2D eigenvalue weighted by Crippen LogP contribution is 2.35. The van der Waals surface area contributed by atoms with Crippen LogP contribution in [0.25, 0.3) is 0 Å². The molecule has 1 aliphatic carbocycles. The summed E-state index contributed by atoms with van der Waals surface area (Å²) in [6.45, 7) is 8.66. The van der Waals surface area contributed by atoms with Crippen molar-refractivity contribution >= 4 is 0 Å². The zero-order chi connectivity index (χ0) is 14.4. The Balaban J connectivity index is 1.79. The van der Waals surface area contributed by atoms with Gasteiger partial charge in [0.1, 0.15) is 5.75 Å². The van der Waals surface area contributed by atoms with E-state index in [0.717, 1.165) is 25.3 Å². The van der Waals surface area contributed by atoms with Gasteiger partial charge in [0.2, 0.25) is 0 Å². The topological polar surface area (TPSA) is 21.3 Å². The fourth-order valence-corrected chi connectivity index (χ4v) is 2.83.